The van der Waals surface area contributed by atoms with Crippen molar-refractivity contribution in [1.29, 1.82) is 0 Å². The Kier molecular flexibility index (Phi) is 5.36. The molecule has 1 aromatic carbocycles. The maximum Gasteiger partial charge on any atom is 0.254 e. The number of carbonyl (C=O) groups is 2. The molecule has 7 nitrogen and oxygen atoms in total. The first kappa shape index (κ1) is 20.2. The van der Waals surface area contributed by atoms with E-state index in [1.807, 2.05) is 4.90 Å². The van der Waals surface area contributed by atoms with Crippen LogP contribution < -0.4 is 15.5 Å². The second-order valence-corrected chi connectivity index (χ2v) is 8.13. The molecule has 30 heavy (non-hydrogen) atoms. The fourth-order valence-corrected chi connectivity index (χ4v) is 3.50. The number of aromatic nitrogens is 2. The molecular formula is C21H23F2N5O2. The molecule has 1 unspecified atom stereocenters. The molecule has 1 atom stereocenters. The summed E-state index contributed by atoms with van der Waals surface area (Å²) in [7, 11) is 0. The highest BCUT2D eigenvalue weighted by molar-refractivity contribution is 6.00. The Bertz CT molecular complexity index is 965. The molecule has 1 aromatic heterocycles. The second-order valence-electron chi connectivity index (χ2n) is 8.13. The van der Waals surface area contributed by atoms with Gasteiger partial charge in [0, 0.05) is 43.0 Å². The van der Waals surface area contributed by atoms with Gasteiger partial charge in [-0.25, -0.2) is 18.7 Å². The van der Waals surface area contributed by atoms with E-state index in [2.05, 4.69) is 20.6 Å². The molecular weight excluding hydrogens is 392 g/mol. The predicted octanol–water partition coefficient (Wildman–Crippen LogP) is 2.89. The Balaban J connectivity index is 1.46. The first-order valence-electron chi connectivity index (χ1n) is 9.99. The molecule has 1 aliphatic heterocycles. The van der Waals surface area contributed by atoms with E-state index in [1.54, 1.807) is 25.4 Å². The van der Waals surface area contributed by atoms with E-state index in [4.69, 9.17) is 0 Å². The zero-order valence-corrected chi connectivity index (χ0v) is 16.6. The lowest BCUT2D eigenvalue weighted by Gasteiger charge is -2.33. The highest BCUT2D eigenvalue weighted by Gasteiger charge is 2.45. The first-order valence-corrected chi connectivity index (χ1v) is 9.99. The molecule has 2 aliphatic rings. The maximum absolute atomic E-state index is 14.3. The molecule has 1 saturated heterocycles. The lowest BCUT2D eigenvalue weighted by atomic mass is 10.0. The quantitative estimate of drug-likeness (QED) is 0.784. The van der Waals surface area contributed by atoms with Crippen molar-refractivity contribution < 1.29 is 18.4 Å². The molecule has 1 aliphatic carbocycles. The van der Waals surface area contributed by atoms with Crippen LogP contribution in [0.15, 0.2) is 30.6 Å². The summed E-state index contributed by atoms with van der Waals surface area (Å²) in [5.41, 5.74) is -1.02. The number of benzene rings is 1. The van der Waals surface area contributed by atoms with E-state index in [9.17, 15) is 18.4 Å². The maximum atomic E-state index is 14.3. The Morgan fingerprint density at radius 1 is 1.17 bits per heavy atom. The van der Waals surface area contributed by atoms with Crippen molar-refractivity contribution in [2.75, 3.05) is 23.3 Å². The molecule has 0 spiro atoms. The van der Waals surface area contributed by atoms with Crippen molar-refractivity contribution in [3.05, 3.63) is 47.8 Å². The number of carbonyl (C=O) groups excluding carboxylic acids is 2. The van der Waals surface area contributed by atoms with Gasteiger partial charge in [-0.15, -0.1) is 0 Å². The lowest BCUT2D eigenvalue weighted by Crippen LogP contribution is -2.48. The number of halogens is 2. The van der Waals surface area contributed by atoms with Crippen LogP contribution in [0, 0.1) is 17.0 Å². The predicted molar refractivity (Wildman–Crippen MR) is 107 cm³/mol. The molecule has 2 aromatic rings. The largest absolute Gasteiger partial charge is 0.347 e. The van der Waals surface area contributed by atoms with Crippen molar-refractivity contribution >= 4 is 23.5 Å². The highest BCUT2D eigenvalue weighted by atomic mass is 19.1. The monoisotopic (exact) mass is 415 g/mol. The van der Waals surface area contributed by atoms with E-state index in [0.717, 1.165) is 38.3 Å². The second kappa shape index (κ2) is 7.97. The molecule has 0 bridgehead atoms. The van der Waals surface area contributed by atoms with Gasteiger partial charge in [0.1, 0.15) is 11.6 Å². The standard InChI is InChI=1S/C21H23F2N5O2/c1-21(5-6-21)19(30)27-17-10-14(15(22)11-16(17)23)18(29)26-13-4-2-9-28(12-13)20-24-7-3-8-25-20/h3,7-8,10-11,13H,2,4-6,9,12H2,1H3,(H,26,29)(H,27,30). The fraction of sp³-hybridized carbons (Fsp3) is 0.429. The molecule has 158 valence electrons. The van der Waals surface area contributed by atoms with Crippen LogP contribution in [-0.4, -0.2) is 40.9 Å². The van der Waals surface area contributed by atoms with Gasteiger partial charge >= 0.3 is 0 Å². The Morgan fingerprint density at radius 3 is 2.60 bits per heavy atom. The van der Waals surface area contributed by atoms with Gasteiger partial charge in [-0.2, -0.15) is 0 Å². The van der Waals surface area contributed by atoms with Crippen LogP contribution in [0.3, 0.4) is 0 Å². The number of amides is 2. The van der Waals surface area contributed by atoms with Crippen molar-refractivity contribution in [1.82, 2.24) is 15.3 Å². The lowest BCUT2D eigenvalue weighted by molar-refractivity contribution is -0.120. The summed E-state index contributed by atoms with van der Waals surface area (Å²) < 4.78 is 28.5. The minimum absolute atomic E-state index is 0.192. The molecule has 2 N–H and O–H groups in total. The molecule has 1 saturated carbocycles. The van der Waals surface area contributed by atoms with Gasteiger partial charge < -0.3 is 15.5 Å². The van der Waals surface area contributed by atoms with Gasteiger partial charge in [-0.05, 0) is 37.8 Å². The number of rotatable bonds is 5. The number of nitrogens with one attached hydrogen (secondary N) is 2. The third-order valence-electron chi connectivity index (χ3n) is 5.69. The molecule has 2 heterocycles. The Hall–Kier alpha value is -3.10. The summed E-state index contributed by atoms with van der Waals surface area (Å²) >= 11 is 0. The van der Waals surface area contributed by atoms with Crippen LogP contribution in [0.2, 0.25) is 0 Å². The molecule has 2 fully saturated rings. The van der Waals surface area contributed by atoms with Crippen molar-refractivity contribution in [2.45, 2.75) is 38.6 Å². The third-order valence-corrected chi connectivity index (χ3v) is 5.69. The summed E-state index contributed by atoms with van der Waals surface area (Å²) in [6.45, 7) is 3.03. The summed E-state index contributed by atoms with van der Waals surface area (Å²) in [6, 6.07) is 3.18. The van der Waals surface area contributed by atoms with Crippen LogP contribution in [0.5, 0.6) is 0 Å². The van der Waals surface area contributed by atoms with E-state index >= 15 is 0 Å². The van der Waals surface area contributed by atoms with Gasteiger partial charge in [-0.1, -0.05) is 6.92 Å². The smallest absolute Gasteiger partial charge is 0.254 e. The zero-order chi connectivity index (χ0) is 21.3. The summed E-state index contributed by atoms with van der Waals surface area (Å²) in [4.78, 5) is 35.3. The van der Waals surface area contributed by atoms with Crippen molar-refractivity contribution in [3.63, 3.8) is 0 Å². The van der Waals surface area contributed by atoms with E-state index < -0.39 is 23.0 Å². The Morgan fingerprint density at radius 2 is 1.90 bits per heavy atom. The highest BCUT2D eigenvalue weighted by Crippen LogP contribution is 2.45. The van der Waals surface area contributed by atoms with Gasteiger partial charge in [0.2, 0.25) is 11.9 Å². The van der Waals surface area contributed by atoms with E-state index in [-0.39, 0.29) is 23.2 Å². The topological polar surface area (TPSA) is 87.2 Å². The SMILES string of the molecule is CC1(C(=O)Nc2cc(C(=O)NC3CCCN(c4ncccn4)C3)c(F)cc2F)CC1. The van der Waals surface area contributed by atoms with E-state index in [1.165, 1.54) is 0 Å². The number of hydrogen-bond acceptors (Lipinski definition) is 5. The van der Waals surface area contributed by atoms with Gasteiger partial charge in [0.15, 0.2) is 0 Å². The van der Waals surface area contributed by atoms with Gasteiger partial charge in [0.05, 0.1) is 11.3 Å². The normalized spacial score (nSPS) is 19.8. The van der Waals surface area contributed by atoms with Crippen LogP contribution in [0.4, 0.5) is 20.4 Å². The van der Waals surface area contributed by atoms with Crippen LogP contribution in [0.25, 0.3) is 0 Å². The van der Waals surface area contributed by atoms with Crippen LogP contribution in [-0.2, 0) is 4.79 Å². The summed E-state index contributed by atoms with van der Waals surface area (Å²) in [5.74, 6) is -2.29. The van der Waals surface area contributed by atoms with Crippen LogP contribution >= 0.6 is 0 Å². The average molecular weight is 415 g/mol. The summed E-state index contributed by atoms with van der Waals surface area (Å²) in [5, 5.41) is 5.29. The van der Waals surface area contributed by atoms with Crippen molar-refractivity contribution in [2.24, 2.45) is 5.41 Å². The Labute approximate surface area is 172 Å². The fourth-order valence-electron chi connectivity index (χ4n) is 3.50. The number of piperidine rings is 1. The van der Waals surface area contributed by atoms with E-state index in [0.29, 0.717) is 18.6 Å². The number of nitrogens with zero attached hydrogens (tertiary/aromatic N) is 3. The molecule has 9 heteroatoms. The van der Waals surface area contributed by atoms with Crippen LogP contribution in [0.1, 0.15) is 43.0 Å². The van der Waals surface area contributed by atoms with Crippen molar-refractivity contribution in [3.8, 4) is 0 Å². The molecule has 0 radical (unpaired) electrons. The average Bonchev–Trinajstić information content (AvgIpc) is 3.49. The number of anilines is 2. The summed E-state index contributed by atoms with van der Waals surface area (Å²) in [6.07, 6.45) is 6.28. The van der Waals surface area contributed by atoms with Gasteiger partial charge in [-0.3, -0.25) is 9.59 Å². The minimum Gasteiger partial charge on any atom is -0.347 e. The number of hydrogen-bond donors (Lipinski definition) is 2. The molecule has 4 rings (SSSR count). The zero-order valence-electron chi connectivity index (χ0n) is 16.6. The first-order chi connectivity index (χ1) is 14.4. The third kappa shape index (κ3) is 4.24. The van der Waals surface area contributed by atoms with Gasteiger partial charge in [0.25, 0.3) is 5.91 Å². The molecule has 2 amide bonds. The minimum atomic E-state index is -0.973.